The number of amides is 1. The van der Waals surface area contributed by atoms with E-state index in [0.717, 1.165) is 12.1 Å². The maximum atomic E-state index is 11.9. The normalized spacial score (nSPS) is 19.0. The number of rotatable bonds is 4. The quantitative estimate of drug-likeness (QED) is 0.724. The fourth-order valence-electron chi connectivity index (χ4n) is 1.92. The van der Waals surface area contributed by atoms with Gasteiger partial charge in [-0.15, -0.1) is 0 Å². The van der Waals surface area contributed by atoms with Crippen molar-refractivity contribution in [2.24, 2.45) is 5.14 Å². The number of hydrogen-bond acceptors (Lipinski definition) is 7. The molecule has 0 saturated carbocycles. The van der Waals surface area contributed by atoms with Crippen molar-refractivity contribution in [3.8, 4) is 0 Å². The number of furan rings is 1. The van der Waals surface area contributed by atoms with E-state index in [0.29, 0.717) is 19.7 Å². The Morgan fingerprint density at radius 3 is 2.77 bits per heavy atom. The average Bonchev–Trinajstić information content (AvgIpc) is 2.94. The lowest BCUT2D eigenvalue weighted by Crippen LogP contribution is -2.46. The van der Waals surface area contributed by atoms with Crippen LogP contribution in [0.15, 0.2) is 21.6 Å². The molecule has 1 fully saturated rings. The topological polar surface area (TPSA) is 129 Å². The van der Waals surface area contributed by atoms with Crippen LogP contribution >= 0.6 is 0 Å². The molecule has 1 atom stereocenters. The molecule has 1 amide bonds. The van der Waals surface area contributed by atoms with Gasteiger partial charge in [0, 0.05) is 13.1 Å². The second-order valence-corrected chi connectivity index (χ2v) is 6.25. The molecule has 122 valence electrons. The number of sulfonamides is 1. The van der Waals surface area contributed by atoms with Gasteiger partial charge in [-0.3, -0.25) is 4.79 Å². The third-order valence-electron chi connectivity index (χ3n) is 2.98. The van der Waals surface area contributed by atoms with E-state index in [2.05, 4.69) is 0 Å². The van der Waals surface area contributed by atoms with Crippen LogP contribution < -0.4 is 5.14 Å². The lowest BCUT2D eigenvalue weighted by molar-refractivity contribution is -0.141. The van der Waals surface area contributed by atoms with Crippen LogP contribution in [-0.4, -0.2) is 57.6 Å². The van der Waals surface area contributed by atoms with Gasteiger partial charge in [0.1, 0.15) is 0 Å². The van der Waals surface area contributed by atoms with Crippen molar-refractivity contribution in [3.63, 3.8) is 0 Å². The molecule has 0 aromatic carbocycles. The summed E-state index contributed by atoms with van der Waals surface area (Å²) in [4.78, 5) is 25.1. The highest BCUT2D eigenvalue weighted by atomic mass is 32.2. The van der Waals surface area contributed by atoms with Gasteiger partial charge >= 0.3 is 5.97 Å². The summed E-state index contributed by atoms with van der Waals surface area (Å²) in [5.74, 6) is -1.64. The summed E-state index contributed by atoms with van der Waals surface area (Å²) in [6.45, 7) is 2.65. The predicted molar refractivity (Wildman–Crippen MR) is 72.4 cm³/mol. The molecule has 0 aliphatic carbocycles. The van der Waals surface area contributed by atoms with Crippen LogP contribution in [0.3, 0.4) is 0 Å². The van der Waals surface area contributed by atoms with Crippen LogP contribution in [-0.2, 0) is 24.3 Å². The van der Waals surface area contributed by atoms with Crippen molar-refractivity contribution in [1.82, 2.24) is 4.90 Å². The van der Waals surface area contributed by atoms with Gasteiger partial charge in [-0.2, -0.15) is 0 Å². The Bertz CT molecular complexity index is 667. The molecule has 1 aliphatic rings. The summed E-state index contributed by atoms with van der Waals surface area (Å²) < 4.78 is 36.9. The number of primary sulfonamides is 1. The minimum absolute atomic E-state index is 0.0733. The van der Waals surface area contributed by atoms with Gasteiger partial charge in [0.05, 0.1) is 12.7 Å². The summed E-state index contributed by atoms with van der Waals surface area (Å²) in [5, 5.41) is 4.31. The van der Waals surface area contributed by atoms with Crippen molar-refractivity contribution < 1.29 is 31.9 Å². The highest BCUT2D eigenvalue weighted by molar-refractivity contribution is 7.89. The zero-order valence-electron chi connectivity index (χ0n) is 11.9. The molecular weight excluding hydrogens is 316 g/mol. The molecule has 1 saturated heterocycles. The van der Waals surface area contributed by atoms with Crippen LogP contribution in [0.4, 0.5) is 0 Å². The molecule has 1 aliphatic heterocycles. The Morgan fingerprint density at radius 2 is 2.18 bits per heavy atom. The maximum Gasteiger partial charge on any atom is 0.374 e. The summed E-state index contributed by atoms with van der Waals surface area (Å²) in [5.41, 5.74) is 0. The van der Waals surface area contributed by atoms with E-state index in [4.69, 9.17) is 19.0 Å². The zero-order chi connectivity index (χ0) is 16.3. The van der Waals surface area contributed by atoms with E-state index in [9.17, 15) is 18.0 Å². The number of ether oxygens (including phenoxy) is 2. The van der Waals surface area contributed by atoms with E-state index in [1.807, 2.05) is 6.92 Å². The third-order valence-corrected chi connectivity index (χ3v) is 3.76. The van der Waals surface area contributed by atoms with Gasteiger partial charge in [-0.25, -0.2) is 18.4 Å². The Morgan fingerprint density at radius 1 is 1.45 bits per heavy atom. The van der Waals surface area contributed by atoms with Crippen molar-refractivity contribution in [3.05, 3.63) is 17.9 Å². The van der Waals surface area contributed by atoms with Crippen molar-refractivity contribution in [1.29, 1.82) is 0 Å². The number of hydrogen-bond donors (Lipinski definition) is 1. The smallest absolute Gasteiger partial charge is 0.374 e. The second-order valence-electron chi connectivity index (χ2n) is 4.76. The summed E-state index contributed by atoms with van der Waals surface area (Å²) in [7, 11) is -4.03. The number of nitrogens with two attached hydrogens (primary N) is 1. The molecule has 2 N–H and O–H groups in total. The highest BCUT2D eigenvalue weighted by Crippen LogP contribution is 2.13. The standard InChI is InChI=1S/C12H16N2O7S/c1-8-6-14(4-5-19-8)10(15)7-20-12(16)9-2-3-11(21-9)22(13,17)18/h2-3,8H,4-7H2,1H3,(H2,13,17,18). The average molecular weight is 332 g/mol. The Hall–Kier alpha value is -1.91. The molecular formula is C12H16N2O7S. The first-order valence-corrected chi connectivity index (χ1v) is 8.01. The van der Waals surface area contributed by atoms with Crippen molar-refractivity contribution >= 4 is 21.9 Å². The van der Waals surface area contributed by atoms with Gasteiger partial charge in [0.15, 0.2) is 6.61 Å². The van der Waals surface area contributed by atoms with Gasteiger partial charge < -0.3 is 18.8 Å². The van der Waals surface area contributed by atoms with Crippen molar-refractivity contribution in [2.45, 2.75) is 18.1 Å². The molecule has 1 aromatic rings. The molecule has 2 heterocycles. The fourth-order valence-corrected chi connectivity index (χ4v) is 2.38. The summed E-state index contributed by atoms with van der Waals surface area (Å²) in [6.07, 6.45) is -0.0733. The molecule has 0 spiro atoms. The van der Waals surface area contributed by atoms with E-state index >= 15 is 0 Å². The number of nitrogens with zero attached hydrogens (tertiary/aromatic N) is 1. The van der Waals surface area contributed by atoms with E-state index in [-0.39, 0.29) is 17.8 Å². The van der Waals surface area contributed by atoms with Gasteiger partial charge in [0.2, 0.25) is 10.9 Å². The van der Waals surface area contributed by atoms with Crippen LogP contribution in [0.1, 0.15) is 17.5 Å². The summed E-state index contributed by atoms with van der Waals surface area (Å²) in [6, 6.07) is 2.15. The first-order chi connectivity index (χ1) is 10.3. The minimum atomic E-state index is -4.03. The number of carbonyl (C=O) groups is 2. The lowest BCUT2D eigenvalue weighted by atomic mass is 10.3. The van der Waals surface area contributed by atoms with Crippen LogP contribution in [0.25, 0.3) is 0 Å². The van der Waals surface area contributed by atoms with Crippen LogP contribution in [0.2, 0.25) is 0 Å². The molecule has 9 nitrogen and oxygen atoms in total. The molecule has 1 unspecified atom stereocenters. The van der Waals surface area contributed by atoms with Gasteiger partial charge in [-0.05, 0) is 19.1 Å². The Labute approximate surface area is 127 Å². The predicted octanol–water partition coefficient (Wildman–Crippen LogP) is -0.669. The Kier molecular flexibility index (Phi) is 4.84. The number of morpholine rings is 1. The SMILES string of the molecule is CC1CN(C(=O)COC(=O)c2ccc(S(N)(=O)=O)o2)CCO1. The first-order valence-electron chi connectivity index (χ1n) is 6.46. The molecule has 0 bridgehead atoms. The molecule has 1 aromatic heterocycles. The Balaban J connectivity index is 1.90. The van der Waals surface area contributed by atoms with E-state index < -0.39 is 27.7 Å². The van der Waals surface area contributed by atoms with E-state index in [1.54, 1.807) is 0 Å². The second kappa shape index (κ2) is 6.46. The molecule has 10 heteroatoms. The maximum absolute atomic E-state index is 11.9. The molecule has 2 rings (SSSR count). The lowest BCUT2D eigenvalue weighted by Gasteiger charge is -2.30. The first kappa shape index (κ1) is 16.5. The van der Waals surface area contributed by atoms with Crippen LogP contribution in [0.5, 0.6) is 0 Å². The van der Waals surface area contributed by atoms with Crippen LogP contribution in [0, 0.1) is 0 Å². The fraction of sp³-hybridized carbons (Fsp3) is 0.500. The number of esters is 1. The monoisotopic (exact) mass is 332 g/mol. The zero-order valence-corrected chi connectivity index (χ0v) is 12.7. The van der Waals surface area contributed by atoms with Gasteiger partial charge in [0.25, 0.3) is 15.9 Å². The summed E-state index contributed by atoms with van der Waals surface area (Å²) >= 11 is 0. The highest BCUT2D eigenvalue weighted by Gasteiger charge is 2.24. The largest absolute Gasteiger partial charge is 0.450 e. The van der Waals surface area contributed by atoms with Crippen molar-refractivity contribution in [2.75, 3.05) is 26.3 Å². The third kappa shape index (κ3) is 4.06. The molecule has 22 heavy (non-hydrogen) atoms. The van der Waals surface area contributed by atoms with E-state index in [1.165, 1.54) is 4.90 Å². The molecule has 0 radical (unpaired) electrons. The van der Waals surface area contributed by atoms with Gasteiger partial charge in [-0.1, -0.05) is 0 Å². The minimum Gasteiger partial charge on any atom is -0.450 e. The number of carbonyl (C=O) groups excluding carboxylic acids is 2.